The summed E-state index contributed by atoms with van der Waals surface area (Å²) in [6.45, 7) is -0.509. The molecule has 1 heterocycles. The van der Waals surface area contributed by atoms with Crippen LogP contribution in [0.1, 0.15) is 15.9 Å². The number of hydrogen-bond donors (Lipinski definition) is 2. The number of rotatable bonds is 6. The third kappa shape index (κ3) is 5.08. The summed E-state index contributed by atoms with van der Waals surface area (Å²) in [6.07, 6.45) is 1.60. The van der Waals surface area contributed by atoms with Gasteiger partial charge in [0.05, 0.1) is 16.2 Å². The molecule has 1 aliphatic rings. The van der Waals surface area contributed by atoms with E-state index in [0.717, 1.165) is 16.2 Å². The van der Waals surface area contributed by atoms with Crippen molar-refractivity contribution in [3.63, 3.8) is 0 Å². The molecule has 0 unspecified atom stereocenters. The van der Waals surface area contributed by atoms with Gasteiger partial charge < -0.3 is 14.9 Å². The van der Waals surface area contributed by atoms with E-state index >= 15 is 0 Å². The first-order valence-electron chi connectivity index (χ1n) is 8.48. The average molecular weight is 491 g/mol. The molecular formula is C20H15BrN2O6S. The second-order valence-corrected chi connectivity index (χ2v) is 8.01. The zero-order valence-corrected chi connectivity index (χ0v) is 17.9. The maximum atomic E-state index is 12.7. The number of hydrogen-bond acceptors (Lipinski definition) is 6. The number of amides is 1. The van der Waals surface area contributed by atoms with Gasteiger partial charge in [0.25, 0.3) is 5.91 Å². The first-order valence-corrected chi connectivity index (χ1v) is 10.1. The number of aromatic carboxylic acids is 1. The normalized spacial score (nSPS) is 16.3. The molecule has 0 atom stereocenters. The van der Waals surface area contributed by atoms with Crippen LogP contribution in [-0.2, 0) is 9.59 Å². The van der Waals surface area contributed by atoms with Crippen molar-refractivity contribution in [1.82, 2.24) is 4.90 Å². The summed E-state index contributed by atoms with van der Waals surface area (Å²) in [5, 5.41) is 18.3. The van der Waals surface area contributed by atoms with Gasteiger partial charge in [-0.15, -0.1) is 0 Å². The molecule has 2 aromatic rings. The van der Waals surface area contributed by atoms with Crippen molar-refractivity contribution < 1.29 is 29.3 Å². The number of carbonyl (C=O) groups is 3. The largest absolute Gasteiger partial charge is 0.481 e. The fourth-order valence-electron chi connectivity index (χ4n) is 2.51. The molecule has 30 heavy (non-hydrogen) atoms. The molecule has 0 bridgehead atoms. The maximum Gasteiger partial charge on any atom is 0.341 e. The monoisotopic (exact) mass is 490 g/mol. The zero-order valence-electron chi connectivity index (χ0n) is 15.5. The fraction of sp³-hybridized carbons (Fsp3) is 0.100. The van der Waals surface area contributed by atoms with Gasteiger partial charge in [-0.25, -0.2) is 14.6 Å². The van der Waals surface area contributed by atoms with Crippen LogP contribution in [0.3, 0.4) is 0 Å². The molecule has 0 aromatic heterocycles. The molecule has 0 radical (unpaired) electrons. The van der Waals surface area contributed by atoms with Gasteiger partial charge in [0.2, 0.25) is 0 Å². The van der Waals surface area contributed by atoms with E-state index in [4.69, 9.17) is 14.9 Å². The summed E-state index contributed by atoms with van der Waals surface area (Å²) in [6, 6.07) is 11.1. The van der Waals surface area contributed by atoms with E-state index in [1.165, 1.54) is 17.0 Å². The number of carboxylic acid groups (broad SMARTS) is 2. The Bertz CT molecular complexity index is 1100. The Hall–Kier alpha value is -3.11. The quantitative estimate of drug-likeness (QED) is 0.590. The number of nitrogens with zero attached hydrogens (tertiary/aromatic N) is 2. The number of ether oxygens (including phenoxy) is 1. The molecule has 2 aromatic carbocycles. The van der Waals surface area contributed by atoms with E-state index in [9.17, 15) is 14.4 Å². The number of carboxylic acids is 2. The van der Waals surface area contributed by atoms with Gasteiger partial charge in [0, 0.05) is 17.1 Å². The first kappa shape index (κ1) is 21.6. The molecule has 0 saturated carbocycles. The summed E-state index contributed by atoms with van der Waals surface area (Å²) < 4.78 is 6.04. The summed E-state index contributed by atoms with van der Waals surface area (Å²) >= 11 is 4.47. The number of aliphatic imine (C=N–C) groups is 1. The van der Waals surface area contributed by atoms with Crippen LogP contribution in [0, 0.1) is 0 Å². The zero-order chi connectivity index (χ0) is 21.8. The van der Waals surface area contributed by atoms with Crippen LogP contribution >= 0.6 is 27.7 Å². The summed E-state index contributed by atoms with van der Waals surface area (Å²) in [5.41, 5.74) is 1.04. The third-order valence-electron chi connectivity index (χ3n) is 3.93. The van der Waals surface area contributed by atoms with Crippen LogP contribution in [0.15, 0.2) is 56.8 Å². The van der Waals surface area contributed by atoms with Crippen molar-refractivity contribution in [2.45, 2.75) is 0 Å². The Morgan fingerprint density at radius 3 is 2.70 bits per heavy atom. The van der Waals surface area contributed by atoms with Gasteiger partial charge in [-0.2, -0.15) is 0 Å². The van der Waals surface area contributed by atoms with Gasteiger partial charge >= 0.3 is 11.9 Å². The molecule has 0 aliphatic carbocycles. The van der Waals surface area contributed by atoms with E-state index in [2.05, 4.69) is 20.9 Å². The molecule has 2 N–H and O–H groups in total. The highest BCUT2D eigenvalue weighted by atomic mass is 79.9. The van der Waals surface area contributed by atoms with Gasteiger partial charge in [-0.05, 0) is 54.2 Å². The highest BCUT2D eigenvalue weighted by molar-refractivity contribution is 9.10. The van der Waals surface area contributed by atoms with Crippen molar-refractivity contribution in [2.75, 3.05) is 13.7 Å². The summed E-state index contributed by atoms with van der Waals surface area (Å²) in [5.74, 6) is -2.15. The van der Waals surface area contributed by atoms with E-state index < -0.39 is 18.5 Å². The van der Waals surface area contributed by atoms with Gasteiger partial charge in [0.1, 0.15) is 5.75 Å². The number of carbonyl (C=O) groups excluding carboxylic acids is 1. The predicted octanol–water partition coefficient (Wildman–Crippen LogP) is 3.84. The number of halogens is 1. The predicted molar refractivity (Wildman–Crippen MR) is 116 cm³/mol. The smallest absolute Gasteiger partial charge is 0.341 e. The SMILES string of the molecule is CN1C(=O)/C(=C\c2cc(Br)ccc2OCC(=O)O)SC1=Nc1cccc(C(=O)O)c1. The first-order chi connectivity index (χ1) is 14.2. The summed E-state index contributed by atoms with van der Waals surface area (Å²) in [7, 11) is 1.57. The van der Waals surface area contributed by atoms with Crippen LogP contribution in [0.5, 0.6) is 5.75 Å². The van der Waals surface area contributed by atoms with Crippen LogP contribution in [0.2, 0.25) is 0 Å². The Labute approximate surface area is 184 Å². The van der Waals surface area contributed by atoms with Gasteiger partial charge in [0.15, 0.2) is 11.8 Å². The van der Waals surface area contributed by atoms with E-state index in [-0.39, 0.29) is 11.5 Å². The maximum absolute atomic E-state index is 12.7. The van der Waals surface area contributed by atoms with Crippen molar-refractivity contribution in [3.8, 4) is 5.75 Å². The molecule has 1 aliphatic heterocycles. The standard InChI is InChI=1S/C20H15BrN2O6S/c1-23-18(26)16(9-12-7-13(21)5-6-15(12)29-10-17(24)25)30-20(23)22-14-4-2-3-11(8-14)19(27)28/h2-9H,10H2,1H3,(H,24,25)(H,27,28)/b16-9+,22-20?. The lowest BCUT2D eigenvalue weighted by atomic mass is 10.2. The number of aliphatic carboxylic acids is 1. The molecule has 1 saturated heterocycles. The summed E-state index contributed by atoms with van der Waals surface area (Å²) in [4.78, 5) is 40.7. The molecule has 10 heteroatoms. The van der Waals surface area contributed by atoms with Crippen LogP contribution in [-0.4, -0.2) is 51.8 Å². The second-order valence-electron chi connectivity index (χ2n) is 6.09. The van der Waals surface area contributed by atoms with Gasteiger partial charge in [-0.1, -0.05) is 22.0 Å². The Balaban J connectivity index is 1.92. The average Bonchev–Trinajstić information content (AvgIpc) is 2.95. The highest BCUT2D eigenvalue weighted by Gasteiger charge is 2.30. The van der Waals surface area contributed by atoms with Crippen molar-refractivity contribution in [2.24, 2.45) is 4.99 Å². The molecular weight excluding hydrogens is 476 g/mol. The van der Waals surface area contributed by atoms with Crippen LogP contribution in [0.4, 0.5) is 5.69 Å². The molecule has 154 valence electrons. The second kappa shape index (κ2) is 9.14. The minimum Gasteiger partial charge on any atom is -0.481 e. The van der Waals surface area contributed by atoms with Crippen molar-refractivity contribution >= 4 is 62.5 Å². The fourth-order valence-corrected chi connectivity index (χ4v) is 3.87. The molecule has 1 amide bonds. The number of likely N-dealkylation sites (N-methyl/N-ethyl adjacent to an activating group) is 1. The topological polar surface area (TPSA) is 117 Å². The lowest BCUT2D eigenvalue weighted by Crippen LogP contribution is -2.23. The van der Waals surface area contributed by atoms with Crippen molar-refractivity contribution in [3.05, 3.63) is 63.0 Å². The minimum absolute atomic E-state index is 0.0962. The van der Waals surface area contributed by atoms with E-state index in [1.807, 2.05) is 0 Å². The lowest BCUT2D eigenvalue weighted by Gasteiger charge is -2.08. The Kier molecular flexibility index (Phi) is 6.58. The number of benzene rings is 2. The lowest BCUT2D eigenvalue weighted by molar-refractivity contribution is -0.139. The van der Waals surface area contributed by atoms with Gasteiger partial charge in [-0.3, -0.25) is 9.69 Å². The van der Waals surface area contributed by atoms with E-state index in [0.29, 0.717) is 27.1 Å². The third-order valence-corrected chi connectivity index (χ3v) is 5.48. The number of thioether (sulfide) groups is 1. The minimum atomic E-state index is -1.11. The molecule has 1 fully saturated rings. The number of amidine groups is 1. The van der Waals surface area contributed by atoms with Crippen LogP contribution < -0.4 is 4.74 Å². The van der Waals surface area contributed by atoms with E-state index in [1.54, 1.807) is 43.5 Å². The van der Waals surface area contributed by atoms with Crippen LogP contribution in [0.25, 0.3) is 6.08 Å². The Morgan fingerprint density at radius 1 is 1.23 bits per heavy atom. The van der Waals surface area contributed by atoms with Crippen molar-refractivity contribution in [1.29, 1.82) is 0 Å². The highest BCUT2D eigenvalue weighted by Crippen LogP contribution is 2.35. The molecule has 3 rings (SSSR count). The molecule has 8 nitrogen and oxygen atoms in total. The Morgan fingerprint density at radius 2 is 2.00 bits per heavy atom. The molecule has 0 spiro atoms.